The fourth-order valence-corrected chi connectivity index (χ4v) is 0.980. The van der Waals surface area contributed by atoms with Crippen molar-refractivity contribution in [2.24, 2.45) is 5.41 Å². The first-order chi connectivity index (χ1) is 4.42. The predicted octanol–water partition coefficient (Wildman–Crippen LogP) is 2.59. The van der Waals surface area contributed by atoms with Gasteiger partial charge in [0.2, 0.25) is 0 Å². The molecule has 0 atom stereocenters. The summed E-state index contributed by atoms with van der Waals surface area (Å²) in [6.07, 6.45) is 2.52. The minimum atomic E-state index is 0.476. The highest BCUT2D eigenvalue weighted by Gasteiger charge is 2.08. The zero-order valence-electron chi connectivity index (χ0n) is 7.52. The average molecular weight is 161 g/mol. The van der Waals surface area contributed by atoms with E-state index in [-0.39, 0.29) is 0 Å². The van der Waals surface area contributed by atoms with E-state index in [4.69, 9.17) is 0 Å². The second kappa shape index (κ2) is 4.24. The lowest BCUT2D eigenvalue weighted by atomic mass is 9.91. The zero-order valence-corrected chi connectivity index (χ0v) is 8.41. The van der Waals surface area contributed by atoms with Gasteiger partial charge in [0.05, 0.1) is 0 Å². The van der Waals surface area contributed by atoms with Crippen LogP contribution in [0.3, 0.4) is 0 Å². The largest absolute Gasteiger partial charge is 0.256 e. The van der Waals surface area contributed by atoms with E-state index in [1.165, 1.54) is 12.8 Å². The van der Waals surface area contributed by atoms with Crippen LogP contribution in [0.25, 0.3) is 0 Å². The van der Waals surface area contributed by atoms with E-state index < -0.39 is 0 Å². The van der Waals surface area contributed by atoms with Crippen LogP contribution in [0.15, 0.2) is 0 Å². The second-order valence-corrected chi connectivity index (χ2v) is 4.73. The summed E-state index contributed by atoms with van der Waals surface area (Å²) in [6.45, 7) is 7.89. The summed E-state index contributed by atoms with van der Waals surface area (Å²) >= 11 is 4.16. The highest BCUT2D eigenvalue weighted by molar-refractivity contribution is 7.77. The van der Waals surface area contributed by atoms with Gasteiger partial charge in [0.15, 0.2) is 0 Å². The van der Waals surface area contributed by atoms with Gasteiger partial charge < -0.3 is 0 Å². The Morgan fingerprint density at radius 2 is 1.80 bits per heavy atom. The first-order valence-electron chi connectivity index (χ1n) is 3.82. The molecule has 0 amide bonds. The van der Waals surface area contributed by atoms with Crippen molar-refractivity contribution in [1.29, 1.82) is 0 Å². The molecule has 2 heteroatoms. The molecule has 0 radical (unpaired) electrons. The molecule has 0 aliphatic carbocycles. The number of hydrogen-bond donors (Lipinski definition) is 1. The topological polar surface area (TPSA) is 3.24 Å². The van der Waals surface area contributed by atoms with Gasteiger partial charge in [0.25, 0.3) is 0 Å². The Labute approximate surface area is 70.3 Å². The Morgan fingerprint density at radius 1 is 1.30 bits per heavy atom. The maximum atomic E-state index is 4.16. The lowest BCUT2D eigenvalue weighted by Gasteiger charge is -2.18. The van der Waals surface area contributed by atoms with Crippen LogP contribution in [0.1, 0.15) is 33.6 Å². The molecule has 0 N–H and O–H groups in total. The van der Waals surface area contributed by atoms with E-state index in [9.17, 15) is 0 Å². The Kier molecular flexibility index (Phi) is 4.37. The number of rotatable bonds is 3. The molecule has 0 aliphatic heterocycles. The quantitative estimate of drug-likeness (QED) is 0.623. The van der Waals surface area contributed by atoms with Gasteiger partial charge >= 0.3 is 0 Å². The van der Waals surface area contributed by atoms with Crippen LogP contribution >= 0.6 is 12.8 Å². The molecular formula is C8H19NS. The van der Waals surface area contributed by atoms with E-state index in [1.807, 2.05) is 11.4 Å². The predicted molar refractivity (Wildman–Crippen MR) is 50.3 cm³/mol. The van der Waals surface area contributed by atoms with Crippen LogP contribution in [0.5, 0.6) is 0 Å². The third-order valence-electron chi connectivity index (χ3n) is 1.41. The molecule has 0 aromatic heterocycles. The molecule has 0 rings (SSSR count). The van der Waals surface area contributed by atoms with E-state index in [2.05, 4.69) is 33.6 Å². The van der Waals surface area contributed by atoms with Crippen LogP contribution in [-0.4, -0.2) is 17.9 Å². The van der Waals surface area contributed by atoms with Crippen LogP contribution in [-0.2, 0) is 0 Å². The fourth-order valence-electron chi connectivity index (χ4n) is 0.838. The Morgan fingerprint density at radius 3 is 2.10 bits per heavy atom. The Bertz CT molecular complexity index is 83.7. The van der Waals surface area contributed by atoms with Crippen LogP contribution in [0.4, 0.5) is 0 Å². The van der Waals surface area contributed by atoms with Crippen LogP contribution < -0.4 is 0 Å². The molecule has 0 heterocycles. The number of nitrogens with zero attached hydrogens (tertiary/aromatic N) is 1. The molecule has 10 heavy (non-hydrogen) atoms. The van der Waals surface area contributed by atoms with Crippen molar-refractivity contribution in [3.8, 4) is 0 Å². The normalized spacial score (nSPS) is 12.6. The SMILES string of the molecule is CN(S)CCCC(C)(C)C. The third-order valence-corrected chi connectivity index (χ3v) is 1.61. The summed E-state index contributed by atoms with van der Waals surface area (Å²) in [5.74, 6) is 0. The van der Waals surface area contributed by atoms with E-state index in [1.54, 1.807) is 0 Å². The summed E-state index contributed by atoms with van der Waals surface area (Å²) in [4.78, 5) is 0. The highest BCUT2D eigenvalue weighted by Crippen LogP contribution is 2.20. The molecule has 0 aliphatic rings. The van der Waals surface area contributed by atoms with Crippen molar-refractivity contribution in [2.75, 3.05) is 13.6 Å². The monoisotopic (exact) mass is 161 g/mol. The Hall–Kier alpha value is 0.310. The first-order valence-corrected chi connectivity index (χ1v) is 4.22. The van der Waals surface area contributed by atoms with Gasteiger partial charge in [-0.1, -0.05) is 33.6 Å². The van der Waals surface area contributed by atoms with Crippen LogP contribution in [0.2, 0.25) is 0 Å². The van der Waals surface area contributed by atoms with Gasteiger partial charge in [-0.05, 0) is 25.3 Å². The standard InChI is InChI=1S/C8H19NS/c1-8(2,3)6-5-7-9(4)10/h10H,5-7H2,1-4H3. The zero-order chi connectivity index (χ0) is 8.20. The number of thiol groups is 1. The van der Waals surface area contributed by atoms with Gasteiger partial charge in [-0.15, -0.1) is 0 Å². The smallest absolute Gasteiger partial charge is 0.00840 e. The van der Waals surface area contributed by atoms with Crippen molar-refractivity contribution in [3.05, 3.63) is 0 Å². The molecule has 0 saturated carbocycles. The summed E-state index contributed by atoms with van der Waals surface area (Å²) < 4.78 is 1.94. The van der Waals surface area contributed by atoms with Crippen molar-refractivity contribution in [2.45, 2.75) is 33.6 Å². The van der Waals surface area contributed by atoms with Gasteiger partial charge in [-0.3, -0.25) is 4.31 Å². The van der Waals surface area contributed by atoms with Gasteiger partial charge in [-0.2, -0.15) is 0 Å². The molecule has 0 fully saturated rings. The van der Waals surface area contributed by atoms with Crippen molar-refractivity contribution in [1.82, 2.24) is 4.31 Å². The maximum Gasteiger partial charge on any atom is 0.00840 e. The van der Waals surface area contributed by atoms with Gasteiger partial charge in [0, 0.05) is 6.54 Å². The van der Waals surface area contributed by atoms with E-state index in [0.29, 0.717) is 5.41 Å². The molecule has 0 aromatic rings. The summed E-state index contributed by atoms with van der Waals surface area (Å²) in [5.41, 5.74) is 0.476. The summed E-state index contributed by atoms with van der Waals surface area (Å²) in [7, 11) is 1.99. The fraction of sp³-hybridized carbons (Fsp3) is 1.00. The van der Waals surface area contributed by atoms with Crippen molar-refractivity contribution >= 4 is 12.8 Å². The highest BCUT2D eigenvalue weighted by atomic mass is 32.1. The average Bonchev–Trinajstić information content (AvgIpc) is 1.59. The van der Waals surface area contributed by atoms with Crippen LogP contribution in [0, 0.1) is 5.41 Å². The molecule has 62 valence electrons. The first kappa shape index (κ1) is 10.3. The van der Waals surface area contributed by atoms with Crippen molar-refractivity contribution < 1.29 is 0 Å². The molecule has 0 aromatic carbocycles. The van der Waals surface area contributed by atoms with Crippen molar-refractivity contribution in [3.63, 3.8) is 0 Å². The lowest BCUT2D eigenvalue weighted by molar-refractivity contribution is 0.350. The third kappa shape index (κ3) is 8.31. The van der Waals surface area contributed by atoms with Gasteiger partial charge in [-0.25, -0.2) is 0 Å². The molecule has 1 nitrogen and oxygen atoms in total. The minimum Gasteiger partial charge on any atom is -0.256 e. The molecular weight excluding hydrogens is 142 g/mol. The molecule has 0 saturated heterocycles. The molecule has 0 bridgehead atoms. The Balaban J connectivity index is 3.21. The lowest BCUT2D eigenvalue weighted by Crippen LogP contribution is -2.11. The molecule has 0 unspecified atom stereocenters. The summed E-state index contributed by atoms with van der Waals surface area (Å²) in [5, 5.41) is 0. The molecule has 0 spiro atoms. The van der Waals surface area contributed by atoms with E-state index >= 15 is 0 Å². The summed E-state index contributed by atoms with van der Waals surface area (Å²) in [6, 6.07) is 0. The minimum absolute atomic E-state index is 0.476. The van der Waals surface area contributed by atoms with E-state index in [0.717, 1.165) is 6.54 Å². The number of hydrogen-bond acceptors (Lipinski definition) is 2. The maximum absolute atomic E-state index is 4.16. The second-order valence-electron chi connectivity index (χ2n) is 4.05. The van der Waals surface area contributed by atoms with Gasteiger partial charge in [0.1, 0.15) is 0 Å².